The molecule has 1 atom stereocenters. The summed E-state index contributed by atoms with van der Waals surface area (Å²) in [7, 11) is 0. The van der Waals surface area contributed by atoms with Crippen LogP contribution in [0.1, 0.15) is 37.3 Å². The maximum absolute atomic E-state index is 11.7. The van der Waals surface area contributed by atoms with Crippen molar-refractivity contribution in [1.82, 2.24) is 5.43 Å². The Balaban J connectivity index is 1.86. The second-order valence-electron chi connectivity index (χ2n) is 4.99. The van der Waals surface area contributed by atoms with Gasteiger partial charge in [-0.25, -0.2) is 5.43 Å². The van der Waals surface area contributed by atoms with Gasteiger partial charge in [0.25, 0.3) is 5.91 Å². The number of rotatable bonds is 7. The van der Waals surface area contributed by atoms with Crippen molar-refractivity contribution in [3.63, 3.8) is 0 Å². The second-order valence-corrected chi connectivity index (χ2v) is 4.99. The van der Waals surface area contributed by atoms with E-state index in [1.54, 1.807) is 6.07 Å². The van der Waals surface area contributed by atoms with Crippen molar-refractivity contribution in [3.8, 4) is 5.75 Å². The fraction of sp³-hybridized carbons (Fsp3) is 0.294. The van der Waals surface area contributed by atoms with Gasteiger partial charge in [0.1, 0.15) is 5.75 Å². The molecule has 0 saturated heterocycles. The van der Waals surface area contributed by atoms with Gasteiger partial charge in [0.05, 0.1) is 18.7 Å². The maximum atomic E-state index is 11.7. The molecular weight excluding hydrogens is 280 g/mol. The van der Waals surface area contributed by atoms with Crippen molar-refractivity contribution in [2.45, 2.75) is 26.2 Å². The van der Waals surface area contributed by atoms with Crippen molar-refractivity contribution in [1.29, 1.82) is 0 Å². The standard InChI is InChI=1S/C17H20N2O3/c1-3-13(2)15-6-4-5-7-16(15)22-12-17(20)19-18-10-14-8-9-21-11-14/h4-11,13H,3,12H2,1-2H3,(H,19,20)/b18-10+. The molecule has 1 aromatic heterocycles. The molecule has 116 valence electrons. The third kappa shape index (κ3) is 4.48. The molecule has 1 amide bonds. The molecular formula is C17H20N2O3. The number of hydrogen-bond acceptors (Lipinski definition) is 4. The number of carbonyl (C=O) groups excluding carboxylic acids is 1. The number of nitrogens with zero attached hydrogens (tertiary/aromatic N) is 1. The third-order valence-electron chi connectivity index (χ3n) is 3.37. The highest BCUT2D eigenvalue weighted by molar-refractivity contribution is 5.82. The highest BCUT2D eigenvalue weighted by atomic mass is 16.5. The van der Waals surface area contributed by atoms with E-state index in [1.807, 2.05) is 24.3 Å². The number of ether oxygens (including phenoxy) is 1. The summed E-state index contributed by atoms with van der Waals surface area (Å²) >= 11 is 0. The van der Waals surface area contributed by atoms with Gasteiger partial charge in [0.2, 0.25) is 0 Å². The van der Waals surface area contributed by atoms with Crippen LogP contribution in [0.3, 0.4) is 0 Å². The molecule has 1 N–H and O–H groups in total. The van der Waals surface area contributed by atoms with Crippen LogP contribution in [0.4, 0.5) is 0 Å². The lowest BCUT2D eigenvalue weighted by Crippen LogP contribution is -2.24. The molecule has 0 aliphatic rings. The van der Waals surface area contributed by atoms with E-state index in [2.05, 4.69) is 24.4 Å². The number of hydrazone groups is 1. The number of para-hydroxylation sites is 1. The lowest BCUT2D eigenvalue weighted by Gasteiger charge is -2.15. The molecule has 2 rings (SSSR count). The zero-order valence-corrected chi connectivity index (χ0v) is 12.8. The molecule has 0 saturated carbocycles. The number of nitrogens with one attached hydrogen (secondary N) is 1. The van der Waals surface area contributed by atoms with Crippen molar-refractivity contribution in [2.24, 2.45) is 5.10 Å². The minimum atomic E-state index is -0.307. The Kier molecular flexibility index (Phi) is 5.77. The molecule has 1 aromatic carbocycles. The molecule has 0 aliphatic carbocycles. The first-order valence-corrected chi connectivity index (χ1v) is 7.26. The Bertz CT molecular complexity index is 621. The Morgan fingerprint density at radius 1 is 1.41 bits per heavy atom. The van der Waals surface area contributed by atoms with Gasteiger partial charge < -0.3 is 9.15 Å². The molecule has 5 heteroatoms. The van der Waals surface area contributed by atoms with E-state index < -0.39 is 0 Å². The minimum absolute atomic E-state index is 0.0732. The molecule has 22 heavy (non-hydrogen) atoms. The number of hydrogen-bond donors (Lipinski definition) is 1. The zero-order chi connectivity index (χ0) is 15.8. The van der Waals surface area contributed by atoms with Crippen LogP contribution in [-0.4, -0.2) is 18.7 Å². The van der Waals surface area contributed by atoms with E-state index >= 15 is 0 Å². The maximum Gasteiger partial charge on any atom is 0.277 e. The van der Waals surface area contributed by atoms with E-state index in [-0.39, 0.29) is 12.5 Å². The summed E-state index contributed by atoms with van der Waals surface area (Å²) in [4.78, 5) is 11.7. The Hall–Kier alpha value is -2.56. The summed E-state index contributed by atoms with van der Waals surface area (Å²) < 4.78 is 10.5. The predicted molar refractivity (Wildman–Crippen MR) is 85.1 cm³/mol. The van der Waals surface area contributed by atoms with Gasteiger partial charge in [-0.15, -0.1) is 0 Å². The SMILES string of the molecule is CCC(C)c1ccccc1OCC(=O)N/N=C/c1ccoc1. The second kappa shape index (κ2) is 8.02. The van der Waals surface area contributed by atoms with Crippen molar-refractivity contribution in [2.75, 3.05) is 6.61 Å². The largest absolute Gasteiger partial charge is 0.483 e. The van der Waals surface area contributed by atoms with Crippen molar-refractivity contribution >= 4 is 12.1 Å². The molecule has 1 heterocycles. The first-order valence-electron chi connectivity index (χ1n) is 7.26. The van der Waals surface area contributed by atoms with Gasteiger partial charge in [-0.1, -0.05) is 32.0 Å². The van der Waals surface area contributed by atoms with Crippen LogP contribution in [0.15, 0.2) is 52.4 Å². The summed E-state index contributed by atoms with van der Waals surface area (Å²) in [5, 5.41) is 3.84. The fourth-order valence-corrected chi connectivity index (χ4v) is 1.94. The van der Waals surface area contributed by atoms with Gasteiger partial charge in [0.15, 0.2) is 6.61 Å². The van der Waals surface area contributed by atoms with E-state index in [0.717, 1.165) is 23.3 Å². The molecule has 5 nitrogen and oxygen atoms in total. The van der Waals surface area contributed by atoms with Crippen LogP contribution in [-0.2, 0) is 4.79 Å². The topological polar surface area (TPSA) is 63.8 Å². The van der Waals surface area contributed by atoms with E-state index in [1.165, 1.54) is 18.7 Å². The normalized spacial score (nSPS) is 12.3. The number of carbonyl (C=O) groups is 1. The monoisotopic (exact) mass is 300 g/mol. The van der Waals surface area contributed by atoms with Crippen LogP contribution < -0.4 is 10.2 Å². The van der Waals surface area contributed by atoms with Crippen LogP contribution in [0.25, 0.3) is 0 Å². The molecule has 1 unspecified atom stereocenters. The number of benzene rings is 1. The van der Waals surface area contributed by atoms with Gasteiger partial charge in [-0.05, 0) is 30.0 Å². The smallest absolute Gasteiger partial charge is 0.277 e. The highest BCUT2D eigenvalue weighted by Crippen LogP contribution is 2.28. The summed E-state index contributed by atoms with van der Waals surface area (Å²) in [5.41, 5.74) is 4.31. The Morgan fingerprint density at radius 3 is 2.95 bits per heavy atom. The minimum Gasteiger partial charge on any atom is -0.483 e. The van der Waals surface area contributed by atoms with E-state index in [9.17, 15) is 4.79 Å². The van der Waals surface area contributed by atoms with Crippen LogP contribution in [0.5, 0.6) is 5.75 Å². The van der Waals surface area contributed by atoms with Gasteiger partial charge in [-0.3, -0.25) is 4.79 Å². The summed E-state index contributed by atoms with van der Waals surface area (Å²) in [6.45, 7) is 4.19. The van der Waals surface area contributed by atoms with Crippen molar-refractivity contribution < 1.29 is 13.9 Å². The molecule has 0 spiro atoms. The average molecular weight is 300 g/mol. The Morgan fingerprint density at radius 2 is 2.23 bits per heavy atom. The van der Waals surface area contributed by atoms with Crippen LogP contribution in [0, 0.1) is 0 Å². The fourth-order valence-electron chi connectivity index (χ4n) is 1.94. The predicted octanol–water partition coefficient (Wildman–Crippen LogP) is 3.32. The summed E-state index contributed by atoms with van der Waals surface area (Å²) in [6.07, 6.45) is 5.60. The third-order valence-corrected chi connectivity index (χ3v) is 3.37. The lowest BCUT2D eigenvalue weighted by atomic mass is 9.98. The number of furan rings is 1. The lowest BCUT2D eigenvalue weighted by molar-refractivity contribution is -0.123. The molecule has 0 fully saturated rings. The first kappa shape index (κ1) is 15.8. The van der Waals surface area contributed by atoms with Gasteiger partial charge in [-0.2, -0.15) is 5.10 Å². The van der Waals surface area contributed by atoms with Gasteiger partial charge >= 0.3 is 0 Å². The first-order chi connectivity index (χ1) is 10.7. The van der Waals surface area contributed by atoms with Gasteiger partial charge in [0, 0.05) is 5.56 Å². The average Bonchev–Trinajstić information content (AvgIpc) is 3.06. The molecule has 0 aliphatic heterocycles. The molecule has 0 radical (unpaired) electrons. The molecule has 2 aromatic rings. The van der Waals surface area contributed by atoms with E-state index in [4.69, 9.17) is 9.15 Å². The Labute approximate surface area is 130 Å². The van der Waals surface area contributed by atoms with Crippen molar-refractivity contribution in [3.05, 3.63) is 54.0 Å². The van der Waals surface area contributed by atoms with Crippen LogP contribution in [0.2, 0.25) is 0 Å². The summed E-state index contributed by atoms with van der Waals surface area (Å²) in [6, 6.07) is 9.52. The van der Waals surface area contributed by atoms with Crippen LogP contribution >= 0.6 is 0 Å². The van der Waals surface area contributed by atoms with E-state index in [0.29, 0.717) is 5.92 Å². The number of amides is 1. The quantitative estimate of drug-likeness (QED) is 0.630. The zero-order valence-electron chi connectivity index (χ0n) is 12.8. The summed E-state index contributed by atoms with van der Waals surface area (Å²) in [5.74, 6) is 0.822. The molecule has 0 bridgehead atoms. The highest BCUT2D eigenvalue weighted by Gasteiger charge is 2.10.